The Morgan fingerprint density at radius 1 is 1.50 bits per heavy atom. The van der Waals surface area contributed by atoms with Crippen LogP contribution >= 0.6 is 0 Å². The van der Waals surface area contributed by atoms with Crippen LogP contribution < -0.4 is 5.73 Å². The van der Waals surface area contributed by atoms with Crippen molar-refractivity contribution in [3.05, 3.63) is 12.7 Å². The molecule has 1 saturated heterocycles. The average molecular weight is 283 g/mol. The number of fused-ring (bicyclic) bond motifs is 1. The second-order valence-corrected chi connectivity index (χ2v) is 4.48. The van der Waals surface area contributed by atoms with Crippen molar-refractivity contribution < 1.29 is 19.0 Å². The van der Waals surface area contributed by atoms with Gasteiger partial charge in [0.15, 0.2) is 23.9 Å². The molecule has 9 heteroatoms. The molecule has 0 saturated carbocycles. The van der Waals surface area contributed by atoms with E-state index in [4.69, 9.17) is 15.2 Å². The lowest BCUT2D eigenvalue weighted by molar-refractivity contribution is -0.0519. The van der Waals surface area contributed by atoms with Crippen LogP contribution in [0.4, 0.5) is 10.2 Å². The van der Waals surface area contributed by atoms with Crippen LogP contribution in [0.3, 0.4) is 0 Å². The molecule has 3 heterocycles. The summed E-state index contributed by atoms with van der Waals surface area (Å²) < 4.78 is 26.4. The van der Waals surface area contributed by atoms with Gasteiger partial charge in [0, 0.05) is 7.11 Å². The van der Waals surface area contributed by atoms with Gasteiger partial charge in [0.05, 0.1) is 12.9 Å². The predicted octanol–water partition coefficient (Wildman–Crippen LogP) is -0.349. The smallest absolute Gasteiger partial charge is 0.174 e. The van der Waals surface area contributed by atoms with Crippen LogP contribution in [0.1, 0.15) is 6.23 Å². The number of nitrogens with two attached hydrogens (primary N) is 1. The molecule has 4 atom stereocenters. The lowest BCUT2D eigenvalue weighted by atomic mass is 10.1. The van der Waals surface area contributed by atoms with E-state index in [1.807, 2.05) is 0 Å². The molecule has 0 radical (unpaired) electrons. The number of hydrogen-bond acceptors (Lipinski definition) is 7. The van der Waals surface area contributed by atoms with E-state index in [0.29, 0.717) is 11.2 Å². The Morgan fingerprint density at radius 3 is 2.95 bits per heavy atom. The third-order valence-electron chi connectivity index (χ3n) is 3.38. The van der Waals surface area contributed by atoms with E-state index < -0.39 is 24.6 Å². The largest absolute Gasteiger partial charge is 0.394 e. The fraction of sp³-hybridized carbons (Fsp3) is 0.545. The Morgan fingerprint density at radius 2 is 2.30 bits per heavy atom. The molecule has 0 bridgehead atoms. The van der Waals surface area contributed by atoms with Crippen molar-refractivity contribution in [2.75, 3.05) is 19.5 Å². The molecule has 0 spiro atoms. The molecule has 1 aliphatic heterocycles. The van der Waals surface area contributed by atoms with Gasteiger partial charge in [-0.15, -0.1) is 0 Å². The van der Waals surface area contributed by atoms with Gasteiger partial charge in [-0.25, -0.2) is 19.3 Å². The Hall–Kier alpha value is -1.84. The van der Waals surface area contributed by atoms with E-state index in [1.165, 1.54) is 24.3 Å². The molecule has 1 aliphatic rings. The summed E-state index contributed by atoms with van der Waals surface area (Å²) in [5, 5.41) is 9.22. The number of alkyl halides is 1. The van der Waals surface area contributed by atoms with Gasteiger partial charge < -0.3 is 20.3 Å². The number of imidazole rings is 1. The Kier molecular flexibility index (Phi) is 3.24. The summed E-state index contributed by atoms with van der Waals surface area (Å²) in [6, 6.07) is 0. The summed E-state index contributed by atoms with van der Waals surface area (Å²) in [5.41, 5.74) is 6.44. The minimum Gasteiger partial charge on any atom is -0.394 e. The zero-order chi connectivity index (χ0) is 14.3. The van der Waals surface area contributed by atoms with E-state index in [9.17, 15) is 9.50 Å². The third kappa shape index (κ3) is 1.82. The van der Waals surface area contributed by atoms with Crippen LogP contribution in [-0.2, 0) is 9.47 Å². The number of aliphatic hydroxyl groups is 1. The van der Waals surface area contributed by atoms with E-state index in [0.717, 1.165) is 0 Å². The lowest BCUT2D eigenvalue weighted by Gasteiger charge is -2.15. The average Bonchev–Trinajstić information content (AvgIpc) is 3.00. The van der Waals surface area contributed by atoms with Crippen LogP contribution in [0.5, 0.6) is 0 Å². The summed E-state index contributed by atoms with van der Waals surface area (Å²) >= 11 is 0. The van der Waals surface area contributed by atoms with E-state index in [2.05, 4.69) is 15.0 Å². The zero-order valence-electron chi connectivity index (χ0n) is 10.7. The monoisotopic (exact) mass is 283 g/mol. The number of aromatic nitrogens is 4. The molecule has 2 aromatic heterocycles. The quantitative estimate of drug-likeness (QED) is 0.792. The Bertz CT molecular complexity index is 621. The van der Waals surface area contributed by atoms with Gasteiger partial charge in [-0.2, -0.15) is 0 Å². The van der Waals surface area contributed by atoms with Gasteiger partial charge in [-0.05, 0) is 0 Å². The Labute approximate surface area is 113 Å². The SMILES string of the molecule is COC1C(F)[C@H](n2cnc3c(N)ncnc32)O[C@@H]1CO. The number of nitrogens with zero attached hydrogens (tertiary/aromatic N) is 4. The van der Waals surface area contributed by atoms with Crippen LogP contribution in [0, 0.1) is 0 Å². The topological polar surface area (TPSA) is 108 Å². The van der Waals surface area contributed by atoms with E-state index in [1.54, 1.807) is 0 Å². The standard InChI is InChI=1S/C11H14FN5O3/c1-19-8-5(2-18)20-11(6(8)12)17-4-16-7-9(13)14-3-15-10(7)17/h3-6,8,11,18H,2H2,1H3,(H2,13,14,15)/t5-,6?,8?,11-/m1/s1. The molecule has 2 unspecified atom stereocenters. The second-order valence-electron chi connectivity index (χ2n) is 4.48. The summed E-state index contributed by atoms with van der Waals surface area (Å²) in [7, 11) is 1.37. The van der Waals surface area contributed by atoms with Crippen molar-refractivity contribution in [3.63, 3.8) is 0 Å². The van der Waals surface area contributed by atoms with Crippen molar-refractivity contribution >= 4 is 17.0 Å². The second kappa shape index (κ2) is 4.93. The number of aliphatic hydroxyl groups excluding tert-OH is 1. The minimum absolute atomic E-state index is 0.212. The first-order valence-corrected chi connectivity index (χ1v) is 6.03. The molecule has 3 rings (SSSR count). The van der Waals surface area contributed by atoms with Gasteiger partial charge in [0.2, 0.25) is 0 Å². The van der Waals surface area contributed by atoms with Crippen LogP contribution in [0.15, 0.2) is 12.7 Å². The third-order valence-corrected chi connectivity index (χ3v) is 3.38. The summed E-state index contributed by atoms with van der Waals surface area (Å²) in [6.45, 7) is -0.334. The molecule has 20 heavy (non-hydrogen) atoms. The summed E-state index contributed by atoms with van der Waals surface area (Å²) in [4.78, 5) is 11.9. The van der Waals surface area contributed by atoms with E-state index in [-0.39, 0.29) is 12.4 Å². The maximum atomic E-state index is 14.4. The highest BCUT2D eigenvalue weighted by Gasteiger charge is 2.46. The molecule has 2 aromatic rings. The van der Waals surface area contributed by atoms with Gasteiger partial charge in [-0.1, -0.05) is 0 Å². The molecule has 0 aliphatic carbocycles. The molecule has 0 amide bonds. The maximum absolute atomic E-state index is 14.4. The van der Waals surface area contributed by atoms with Gasteiger partial charge in [0.25, 0.3) is 0 Å². The number of nitrogen functional groups attached to an aromatic ring is 1. The van der Waals surface area contributed by atoms with Crippen LogP contribution in [0.25, 0.3) is 11.2 Å². The highest BCUT2D eigenvalue weighted by atomic mass is 19.1. The fourth-order valence-electron chi connectivity index (χ4n) is 2.40. The molecule has 8 nitrogen and oxygen atoms in total. The number of rotatable bonds is 3. The molecular weight excluding hydrogens is 269 g/mol. The van der Waals surface area contributed by atoms with Crippen molar-refractivity contribution in [2.45, 2.75) is 24.6 Å². The van der Waals surface area contributed by atoms with Gasteiger partial charge in [-0.3, -0.25) is 4.57 Å². The lowest BCUT2D eigenvalue weighted by Crippen LogP contribution is -2.32. The molecule has 0 aromatic carbocycles. The van der Waals surface area contributed by atoms with E-state index >= 15 is 0 Å². The van der Waals surface area contributed by atoms with Gasteiger partial charge in [0.1, 0.15) is 24.1 Å². The molecule has 3 N–H and O–H groups in total. The molecular formula is C11H14FN5O3. The van der Waals surface area contributed by atoms with Crippen LogP contribution in [-0.4, -0.2) is 56.7 Å². The molecule has 1 fully saturated rings. The number of halogens is 1. The number of anilines is 1. The Balaban J connectivity index is 2.01. The minimum atomic E-state index is -1.45. The number of ether oxygens (including phenoxy) is 2. The highest BCUT2D eigenvalue weighted by Crippen LogP contribution is 2.35. The van der Waals surface area contributed by atoms with Crippen molar-refractivity contribution in [3.8, 4) is 0 Å². The van der Waals surface area contributed by atoms with Crippen LogP contribution in [0.2, 0.25) is 0 Å². The maximum Gasteiger partial charge on any atom is 0.174 e. The normalized spacial score (nSPS) is 30.1. The number of hydrogen-bond donors (Lipinski definition) is 2. The fourth-order valence-corrected chi connectivity index (χ4v) is 2.40. The van der Waals surface area contributed by atoms with Crippen molar-refractivity contribution in [2.24, 2.45) is 0 Å². The first-order valence-electron chi connectivity index (χ1n) is 6.03. The summed E-state index contributed by atoms with van der Waals surface area (Å²) in [6.07, 6.45) is -1.35. The number of methoxy groups -OCH3 is 1. The molecule has 108 valence electrons. The predicted molar refractivity (Wildman–Crippen MR) is 66.4 cm³/mol. The first kappa shape index (κ1) is 13.2. The van der Waals surface area contributed by atoms with Crippen molar-refractivity contribution in [1.82, 2.24) is 19.5 Å². The van der Waals surface area contributed by atoms with Gasteiger partial charge >= 0.3 is 0 Å². The summed E-state index contributed by atoms with van der Waals surface area (Å²) in [5.74, 6) is 0.212. The van der Waals surface area contributed by atoms with Crippen molar-refractivity contribution in [1.29, 1.82) is 0 Å². The highest BCUT2D eigenvalue weighted by molar-refractivity contribution is 5.81. The first-order chi connectivity index (χ1) is 9.67. The zero-order valence-corrected chi connectivity index (χ0v) is 10.7.